The topological polar surface area (TPSA) is 115 Å². The average molecular weight is 557 g/mol. The molecule has 4 aromatic rings. The predicted octanol–water partition coefficient (Wildman–Crippen LogP) is 3.90. The number of fused-ring (bicyclic) bond motifs is 4. The van der Waals surface area contributed by atoms with Crippen molar-refractivity contribution in [1.29, 1.82) is 0 Å². The molecule has 0 bridgehead atoms. The highest BCUT2D eigenvalue weighted by atomic mass is 32.2. The lowest BCUT2D eigenvalue weighted by molar-refractivity contribution is 0.0551. The molecule has 1 atom stereocenters. The molecule has 0 radical (unpaired) electrons. The Balaban J connectivity index is 1.42. The number of anilines is 1. The Kier molecular flexibility index (Phi) is 5.94. The van der Waals surface area contributed by atoms with Gasteiger partial charge < -0.3 is 25.0 Å². The maximum atomic E-state index is 13.5. The number of methoxy groups -OCH3 is 1. The Labute approximate surface area is 222 Å². The van der Waals surface area contributed by atoms with Crippen LogP contribution in [0.25, 0.3) is 10.9 Å². The fraction of sp³-hybridized carbons (Fsp3) is 0.269. The summed E-state index contributed by atoms with van der Waals surface area (Å²) >= 11 is 1.16. The first-order valence-electron chi connectivity index (χ1n) is 11.9. The van der Waals surface area contributed by atoms with Gasteiger partial charge in [0.25, 0.3) is 10.0 Å². The van der Waals surface area contributed by atoms with Crippen LogP contribution in [-0.4, -0.2) is 67.1 Å². The molecule has 2 aliphatic rings. The highest BCUT2D eigenvalue weighted by Gasteiger charge is 2.56. The van der Waals surface area contributed by atoms with Gasteiger partial charge in [0.05, 0.1) is 19.8 Å². The van der Waals surface area contributed by atoms with Crippen molar-refractivity contribution in [3.8, 4) is 5.75 Å². The lowest BCUT2D eigenvalue weighted by atomic mass is 9.70. The third-order valence-corrected chi connectivity index (χ3v) is 10.5. The molecule has 2 amide bonds. The van der Waals surface area contributed by atoms with Gasteiger partial charge in [-0.1, -0.05) is 6.07 Å². The summed E-state index contributed by atoms with van der Waals surface area (Å²) in [5, 5.41) is 15.8. The molecule has 38 heavy (non-hydrogen) atoms. The van der Waals surface area contributed by atoms with Gasteiger partial charge in [0.2, 0.25) is 0 Å². The molecule has 3 N–H and O–H groups in total. The van der Waals surface area contributed by atoms with E-state index in [4.69, 9.17) is 4.74 Å². The monoisotopic (exact) mass is 556 g/mol. The van der Waals surface area contributed by atoms with Gasteiger partial charge in [-0.05, 0) is 53.4 Å². The first-order valence-corrected chi connectivity index (χ1v) is 14.3. The number of nitrogens with one attached hydrogen (secondary N) is 2. The van der Waals surface area contributed by atoms with E-state index in [9.17, 15) is 22.7 Å². The maximum absolute atomic E-state index is 13.5. The van der Waals surface area contributed by atoms with Crippen LogP contribution in [0.15, 0.2) is 64.2 Å². The molecule has 4 heterocycles. The van der Waals surface area contributed by atoms with Gasteiger partial charge in [0, 0.05) is 53.4 Å². The van der Waals surface area contributed by atoms with Gasteiger partial charge in [-0.3, -0.25) is 0 Å². The number of aliphatic hydroxyl groups excluding tert-OH is 1. The largest absolute Gasteiger partial charge is 0.497 e. The van der Waals surface area contributed by atoms with Crippen LogP contribution in [0.2, 0.25) is 0 Å². The molecule has 1 fully saturated rings. The number of sulfonamides is 1. The predicted molar refractivity (Wildman–Crippen MR) is 142 cm³/mol. The molecule has 6 rings (SSSR count). The molecule has 9 nitrogen and oxygen atoms in total. The zero-order valence-corrected chi connectivity index (χ0v) is 22.0. The molecule has 2 aromatic carbocycles. The van der Waals surface area contributed by atoms with Crippen LogP contribution in [0.1, 0.15) is 17.3 Å². The number of ether oxygens (including phenoxy) is 1. The number of hydrogen-bond donors (Lipinski definition) is 3. The number of H-pyrrole nitrogens is 1. The van der Waals surface area contributed by atoms with Crippen LogP contribution in [0.5, 0.6) is 5.75 Å². The van der Waals surface area contributed by atoms with Gasteiger partial charge >= 0.3 is 6.03 Å². The molecule has 198 valence electrons. The first kappa shape index (κ1) is 24.9. The van der Waals surface area contributed by atoms with Crippen molar-refractivity contribution >= 4 is 44.0 Å². The molecule has 2 aliphatic heterocycles. The SMILES string of the molecule is COc1ccc2c3c([nH]c2c1)[C@@H](CO)N(C(=O)Nc1ccc(F)cc1)CC31CN(S(=O)(=O)c2cccs2)C1. The highest BCUT2D eigenvalue weighted by Crippen LogP contribution is 2.50. The van der Waals surface area contributed by atoms with Crippen molar-refractivity contribution in [3.63, 3.8) is 0 Å². The number of hydrogen-bond acceptors (Lipinski definition) is 6. The standard InChI is InChI=1S/C26H25FN4O5S2/c1-36-18-8-9-19-20(11-18)29-24-21(12-32)31(25(33)28-17-6-4-16(27)5-7-17)15-26(23(19)24)13-30(14-26)38(34,35)22-3-2-10-37-22/h2-11,21,29,32H,12-15H2,1H3,(H,28,33)/t21-/m1/s1. The average Bonchev–Trinajstić information content (AvgIpc) is 3.56. The summed E-state index contributed by atoms with van der Waals surface area (Å²) in [5.74, 6) is 0.222. The highest BCUT2D eigenvalue weighted by molar-refractivity contribution is 7.91. The van der Waals surface area contributed by atoms with E-state index < -0.39 is 33.3 Å². The third-order valence-electron chi connectivity index (χ3n) is 7.32. The minimum atomic E-state index is -3.68. The van der Waals surface area contributed by atoms with Crippen molar-refractivity contribution in [2.45, 2.75) is 15.7 Å². The van der Waals surface area contributed by atoms with E-state index in [1.165, 1.54) is 33.5 Å². The van der Waals surface area contributed by atoms with Gasteiger partial charge in [-0.2, -0.15) is 4.31 Å². The third kappa shape index (κ3) is 3.87. The van der Waals surface area contributed by atoms with E-state index in [1.807, 2.05) is 18.2 Å². The van der Waals surface area contributed by atoms with E-state index in [2.05, 4.69) is 10.3 Å². The smallest absolute Gasteiger partial charge is 0.322 e. The Morgan fingerprint density at radius 2 is 1.97 bits per heavy atom. The van der Waals surface area contributed by atoms with Crippen LogP contribution >= 0.6 is 11.3 Å². The normalized spacial score (nSPS) is 18.8. The van der Waals surface area contributed by atoms with Crippen molar-refractivity contribution in [2.24, 2.45) is 0 Å². The van der Waals surface area contributed by atoms with E-state index in [0.717, 1.165) is 27.8 Å². The molecule has 2 aromatic heterocycles. The number of nitrogens with zero attached hydrogens (tertiary/aromatic N) is 2. The Bertz CT molecular complexity index is 1610. The van der Waals surface area contributed by atoms with Gasteiger partial charge in [-0.25, -0.2) is 17.6 Å². The molecular weight excluding hydrogens is 531 g/mol. The van der Waals surface area contributed by atoms with Crippen molar-refractivity contribution in [2.75, 3.05) is 38.7 Å². The van der Waals surface area contributed by atoms with Crippen molar-refractivity contribution < 1.29 is 27.4 Å². The number of rotatable bonds is 5. The summed E-state index contributed by atoms with van der Waals surface area (Å²) in [4.78, 5) is 18.4. The van der Waals surface area contributed by atoms with Crippen LogP contribution in [0.4, 0.5) is 14.9 Å². The van der Waals surface area contributed by atoms with Gasteiger partial charge in [-0.15, -0.1) is 11.3 Å². The first-order chi connectivity index (χ1) is 18.3. The second kappa shape index (κ2) is 9.09. The van der Waals surface area contributed by atoms with E-state index in [0.29, 0.717) is 17.1 Å². The van der Waals surface area contributed by atoms with E-state index in [-0.39, 0.29) is 30.5 Å². The van der Waals surface area contributed by atoms with Gasteiger partial charge in [0.1, 0.15) is 15.8 Å². The minimum absolute atomic E-state index is 0.178. The lowest BCUT2D eigenvalue weighted by Gasteiger charge is -2.55. The molecule has 12 heteroatoms. The Morgan fingerprint density at radius 1 is 1.21 bits per heavy atom. The molecular formula is C26H25FN4O5S2. The van der Waals surface area contributed by atoms with Gasteiger partial charge in [0.15, 0.2) is 0 Å². The van der Waals surface area contributed by atoms with Crippen LogP contribution < -0.4 is 10.1 Å². The number of urea groups is 1. The number of aromatic nitrogens is 1. The maximum Gasteiger partial charge on any atom is 0.322 e. The minimum Gasteiger partial charge on any atom is -0.497 e. The number of aliphatic hydroxyl groups is 1. The number of benzene rings is 2. The molecule has 0 unspecified atom stereocenters. The van der Waals surface area contributed by atoms with Crippen LogP contribution in [-0.2, 0) is 15.4 Å². The number of aromatic amines is 1. The van der Waals surface area contributed by atoms with Crippen molar-refractivity contribution in [3.05, 3.63) is 77.1 Å². The zero-order valence-electron chi connectivity index (χ0n) is 20.3. The fourth-order valence-electron chi connectivity index (χ4n) is 5.54. The summed E-state index contributed by atoms with van der Waals surface area (Å²) in [6.07, 6.45) is 0. The second-order valence-electron chi connectivity index (χ2n) is 9.57. The van der Waals surface area contributed by atoms with Crippen LogP contribution in [0.3, 0.4) is 0 Å². The molecule has 1 saturated heterocycles. The fourth-order valence-corrected chi connectivity index (χ4v) is 8.30. The summed E-state index contributed by atoms with van der Waals surface area (Å²) < 4.78 is 47.0. The lowest BCUT2D eigenvalue weighted by Crippen LogP contribution is -2.68. The molecule has 1 spiro atoms. The summed E-state index contributed by atoms with van der Waals surface area (Å²) in [6, 6.07) is 13.1. The summed E-state index contributed by atoms with van der Waals surface area (Å²) in [5.41, 5.74) is 2.04. The quantitative estimate of drug-likeness (QED) is 0.345. The number of carbonyl (C=O) groups excluding carboxylic acids is 1. The van der Waals surface area contributed by atoms with Crippen molar-refractivity contribution in [1.82, 2.24) is 14.2 Å². The van der Waals surface area contributed by atoms with Crippen LogP contribution in [0, 0.1) is 5.82 Å². The van der Waals surface area contributed by atoms with E-state index in [1.54, 1.807) is 24.6 Å². The number of thiophene rings is 1. The number of halogens is 1. The zero-order chi connectivity index (χ0) is 26.7. The summed E-state index contributed by atoms with van der Waals surface area (Å²) in [7, 11) is -2.10. The second-order valence-corrected chi connectivity index (χ2v) is 12.7. The number of carbonyl (C=O) groups is 1. The molecule has 0 saturated carbocycles. The Hall–Kier alpha value is -3.45. The summed E-state index contributed by atoms with van der Waals surface area (Å²) in [6.45, 7) is 0.199. The number of amides is 2. The Morgan fingerprint density at radius 3 is 2.63 bits per heavy atom. The molecule has 0 aliphatic carbocycles. The van der Waals surface area contributed by atoms with E-state index >= 15 is 0 Å².